The summed E-state index contributed by atoms with van der Waals surface area (Å²) in [5.74, 6) is 1.10. The first-order valence-electron chi connectivity index (χ1n) is 5.41. The average molecular weight is 334 g/mol. The number of hydrogen-bond acceptors (Lipinski definition) is 3. The van der Waals surface area contributed by atoms with Crippen molar-refractivity contribution in [2.24, 2.45) is 0 Å². The van der Waals surface area contributed by atoms with Gasteiger partial charge in [0.2, 0.25) is 0 Å². The molecule has 0 aliphatic carbocycles. The number of rotatable bonds is 6. The molecular formula is C12H16BrNOS2. The highest BCUT2D eigenvalue weighted by molar-refractivity contribution is 9.10. The SMILES string of the molecule is CSCCCCNC(=O)c1ccc(Br)cc1S. The Bertz CT molecular complexity index is 385. The normalized spacial score (nSPS) is 10.3. The molecule has 0 saturated heterocycles. The minimum absolute atomic E-state index is 0.0494. The lowest BCUT2D eigenvalue weighted by molar-refractivity contribution is 0.0950. The van der Waals surface area contributed by atoms with Gasteiger partial charge in [0.25, 0.3) is 5.91 Å². The Morgan fingerprint density at radius 2 is 2.24 bits per heavy atom. The predicted octanol–water partition coefficient (Wildman–Crippen LogP) is 3.61. The third-order valence-corrected chi connectivity index (χ3v) is 3.83. The second kappa shape index (κ2) is 8.06. The standard InChI is InChI=1S/C12H16BrNOS2/c1-17-7-3-2-6-14-12(15)10-5-4-9(13)8-11(10)16/h4-5,8,16H,2-3,6-7H2,1H3,(H,14,15). The van der Waals surface area contributed by atoms with Gasteiger partial charge in [-0.25, -0.2) is 0 Å². The number of nitrogens with one attached hydrogen (secondary N) is 1. The zero-order chi connectivity index (χ0) is 12.7. The number of benzene rings is 1. The highest BCUT2D eigenvalue weighted by atomic mass is 79.9. The topological polar surface area (TPSA) is 29.1 Å². The van der Waals surface area contributed by atoms with Crippen LogP contribution >= 0.6 is 40.3 Å². The van der Waals surface area contributed by atoms with E-state index in [0.29, 0.717) is 10.5 Å². The van der Waals surface area contributed by atoms with Crippen molar-refractivity contribution in [1.82, 2.24) is 5.32 Å². The Morgan fingerprint density at radius 3 is 2.88 bits per heavy atom. The van der Waals surface area contributed by atoms with Crippen LogP contribution < -0.4 is 5.32 Å². The van der Waals surface area contributed by atoms with E-state index in [0.717, 1.165) is 29.6 Å². The number of carbonyl (C=O) groups excluding carboxylic acids is 1. The maximum Gasteiger partial charge on any atom is 0.252 e. The highest BCUT2D eigenvalue weighted by Crippen LogP contribution is 2.19. The van der Waals surface area contributed by atoms with Crippen molar-refractivity contribution in [3.05, 3.63) is 28.2 Å². The maximum absolute atomic E-state index is 11.8. The Balaban J connectivity index is 2.42. The van der Waals surface area contributed by atoms with Gasteiger partial charge in [-0.1, -0.05) is 15.9 Å². The molecule has 0 aliphatic heterocycles. The Hall–Kier alpha value is -0.130. The van der Waals surface area contributed by atoms with Crippen LogP contribution in [0.1, 0.15) is 23.2 Å². The summed E-state index contributed by atoms with van der Waals surface area (Å²) in [6.07, 6.45) is 4.24. The van der Waals surface area contributed by atoms with E-state index in [9.17, 15) is 4.79 Å². The average Bonchev–Trinajstić information content (AvgIpc) is 2.28. The first-order chi connectivity index (χ1) is 8.15. The van der Waals surface area contributed by atoms with Crippen LogP contribution in [0.25, 0.3) is 0 Å². The van der Waals surface area contributed by atoms with Gasteiger partial charge in [0.1, 0.15) is 0 Å². The van der Waals surface area contributed by atoms with Crippen molar-refractivity contribution in [3.8, 4) is 0 Å². The van der Waals surface area contributed by atoms with E-state index in [-0.39, 0.29) is 5.91 Å². The van der Waals surface area contributed by atoms with Gasteiger partial charge in [-0.3, -0.25) is 4.79 Å². The summed E-state index contributed by atoms with van der Waals surface area (Å²) in [6.45, 7) is 0.725. The third kappa shape index (κ3) is 5.36. The lowest BCUT2D eigenvalue weighted by atomic mass is 10.2. The number of halogens is 1. The molecule has 0 heterocycles. The summed E-state index contributed by atoms with van der Waals surface area (Å²) >= 11 is 9.47. The van der Waals surface area contributed by atoms with E-state index in [1.165, 1.54) is 0 Å². The van der Waals surface area contributed by atoms with E-state index < -0.39 is 0 Å². The summed E-state index contributed by atoms with van der Waals surface area (Å²) in [5.41, 5.74) is 0.626. The van der Waals surface area contributed by atoms with E-state index >= 15 is 0 Å². The van der Waals surface area contributed by atoms with Crippen LogP contribution in [0.3, 0.4) is 0 Å². The minimum atomic E-state index is -0.0494. The van der Waals surface area contributed by atoms with Gasteiger partial charge >= 0.3 is 0 Å². The first kappa shape index (κ1) is 14.9. The lowest BCUT2D eigenvalue weighted by Gasteiger charge is -2.07. The molecule has 5 heteroatoms. The van der Waals surface area contributed by atoms with Gasteiger partial charge in [-0.2, -0.15) is 11.8 Å². The van der Waals surface area contributed by atoms with Crippen LogP contribution in [0, 0.1) is 0 Å². The first-order valence-corrected chi connectivity index (χ1v) is 8.04. The van der Waals surface area contributed by atoms with Crippen molar-refractivity contribution in [2.45, 2.75) is 17.7 Å². The predicted molar refractivity (Wildman–Crippen MR) is 81.3 cm³/mol. The number of amides is 1. The molecule has 0 aromatic heterocycles. The van der Waals surface area contributed by atoms with Gasteiger partial charge < -0.3 is 5.32 Å². The van der Waals surface area contributed by atoms with Crippen molar-refractivity contribution < 1.29 is 4.79 Å². The number of thiol groups is 1. The molecule has 0 radical (unpaired) electrons. The van der Waals surface area contributed by atoms with E-state index in [2.05, 4.69) is 40.1 Å². The van der Waals surface area contributed by atoms with Crippen LogP contribution in [-0.4, -0.2) is 24.5 Å². The van der Waals surface area contributed by atoms with Gasteiger partial charge in [0.05, 0.1) is 5.56 Å². The molecule has 2 nitrogen and oxygen atoms in total. The monoisotopic (exact) mass is 333 g/mol. The second-order valence-corrected chi connectivity index (χ2v) is 6.00. The van der Waals surface area contributed by atoms with Crippen LogP contribution in [-0.2, 0) is 0 Å². The van der Waals surface area contributed by atoms with E-state index in [1.807, 2.05) is 23.9 Å². The smallest absolute Gasteiger partial charge is 0.252 e. The molecule has 17 heavy (non-hydrogen) atoms. The quantitative estimate of drug-likeness (QED) is 0.615. The van der Waals surface area contributed by atoms with Crippen LogP contribution in [0.15, 0.2) is 27.6 Å². The minimum Gasteiger partial charge on any atom is -0.352 e. The van der Waals surface area contributed by atoms with Crippen LogP contribution in [0.4, 0.5) is 0 Å². The largest absolute Gasteiger partial charge is 0.352 e. The molecule has 0 saturated carbocycles. The number of thioether (sulfide) groups is 1. The highest BCUT2D eigenvalue weighted by Gasteiger charge is 2.08. The molecule has 1 N–H and O–H groups in total. The fourth-order valence-corrected chi connectivity index (χ4v) is 2.71. The zero-order valence-electron chi connectivity index (χ0n) is 9.70. The van der Waals surface area contributed by atoms with E-state index in [4.69, 9.17) is 0 Å². The zero-order valence-corrected chi connectivity index (χ0v) is 13.0. The fraction of sp³-hybridized carbons (Fsp3) is 0.417. The molecule has 0 fully saturated rings. The molecule has 94 valence electrons. The van der Waals surface area contributed by atoms with Gasteiger partial charge in [-0.05, 0) is 43.0 Å². The Kier molecular flexibility index (Phi) is 7.08. The summed E-state index contributed by atoms with van der Waals surface area (Å²) in [6, 6.07) is 5.46. The van der Waals surface area contributed by atoms with Crippen molar-refractivity contribution in [2.75, 3.05) is 18.6 Å². The fourth-order valence-electron chi connectivity index (χ4n) is 1.37. The summed E-state index contributed by atoms with van der Waals surface area (Å²) in [7, 11) is 0. The van der Waals surface area contributed by atoms with Crippen LogP contribution in [0.5, 0.6) is 0 Å². The number of carbonyl (C=O) groups is 1. The summed E-state index contributed by atoms with van der Waals surface area (Å²) < 4.78 is 0.930. The molecular weight excluding hydrogens is 318 g/mol. The van der Waals surface area contributed by atoms with Crippen molar-refractivity contribution >= 4 is 46.2 Å². The molecule has 0 bridgehead atoms. The molecule has 0 aliphatic rings. The molecule has 1 aromatic carbocycles. The van der Waals surface area contributed by atoms with E-state index in [1.54, 1.807) is 6.07 Å². The van der Waals surface area contributed by atoms with Gasteiger partial charge in [-0.15, -0.1) is 12.6 Å². The molecule has 1 rings (SSSR count). The second-order valence-electron chi connectivity index (χ2n) is 3.62. The summed E-state index contributed by atoms with van der Waals surface area (Å²) in [5, 5.41) is 2.91. The van der Waals surface area contributed by atoms with Gasteiger partial charge in [0.15, 0.2) is 0 Å². The molecule has 0 atom stereocenters. The lowest BCUT2D eigenvalue weighted by Crippen LogP contribution is -2.24. The maximum atomic E-state index is 11.8. The molecule has 0 unspecified atom stereocenters. The molecule has 0 spiro atoms. The third-order valence-electron chi connectivity index (χ3n) is 2.27. The van der Waals surface area contributed by atoms with Crippen molar-refractivity contribution in [3.63, 3.8) is 0 Å². The van der Waals surface area contributed by atoms with Gasteiger partial charge in [0, 0.05) is 15.9 Å². The molecule has 1 amide bonds. The number of hydrogen-bond donors (Lipinski definition) is 2. The Labute approximate surface area is 120 Å². The molecule has 1 aromatic rings. The number of unbranched alkanes of at least 4 members (excludes halogenated alkanes) is 1. The van der Waals surface area contributed by atoms with Crippen molar-refractivity contribution in [1.29, 1.82) is 0 Å². The Morgan fingerprint density at radius 1 is 1.47 bits per heavy atom. The van der Waals surface area contributed by atoms with Crippen LogP contribution in [0.2, 0.25) is 0 Å². The summed E-state index contributed by atoms with van der Waals surface area (Å²) in [4.78, 5) is 12.5.